The molecule has 1 aliphatic heterocycles. The Hall–Kier alpha value is -2.18. The van der Waals surface area contributed by atoms with E-state index in [4.69, 9.17) is 9.15 Å². The van der Waals surface area contributed by atoms with Gasteiger partial charge in [-0.25, -0.2) is 0 Å². The first-order chi connectivity index (χ1) is 12.1. The molecule has 3 rings (SSSR count). The lowest BCUT2D eigenvalue weighted by Gasteiger charge is -2.25. The molecule has 25 heavy (non-hydrogen) atoms. The number of carbonyl (C=O) groups is 1. The Labute approximate surface area is 148 Å². The van der Waals surface area contributed by atoms with Crippen LogP contribution in [0.2, 0.25) is 0 Å². The number of carbonyl (C=O) groups excluding carboxylic acids is 1. The van der Waals surface area contributed by atoms with Crippen LogP contribution in [0.4, 0.5) is 0 Å². The van der Waals surface area contributed by atoms with E-state index in [1.807, 2.05) is 32.0 Å². The fourth-order valence-corrected chi connectivity index (χ4v) is 2.94. The molecule has 3 heterocycles. The van der Waals surface area contributed by atoms with Crippen LogP contribution in [-0.2, 0) is 17.7 Å². The molecule has 0 unspecified atom stereocenters. The summed E-state index contributed by atoms with van der Waals surface area (Å²) in [4.78, 5) is 19.1. The Balaban J connectivity index is 1.53. The van der Waals surface area contributed by atoms with Gasteiger partial charge in [0.1, 0.15) is 12.0 Å². The van der Waals surface area contributed by atoms with Crippen LogP contribution < -0.4 is 5.32 Å². The van der Waals surface area contributed by atoms with Crippen molar-refractivity contribution < 1.29 is 13.9 Å². The summed E-state index contributed by atoms with van der Waals surface area (Å²) in [5.74, 6) is 0.693. The average molecular weight is 343 g/mol. The summed E-state index contributed by atoms with van der Waals surface area (Å²) < 4.78 is 10.9. The molecule has 1 amide bonds. The second kappa shape index (κ2) is 8.27. The lowest BCUT2D eigenvalue weighted by molar-refractivity contribution is 0.0313. The lowest BCUT2D eigenvalue weighted by atomic mass is 10.1. The van der Waals surface area contributed by atoms with E-state index < -0.39 is 0 Å². The Morgan fingerprint density at radius 2 is 2.20 bits per heavy atom. The zero-order valence-electron chi connectivity index (χ0n) is 14.8. The van der Waals surface area contributed by atoms with Crippen LogP contribution in [0.25, 0.3) is 0 Å². The number of furan rings is 1. The minimum absolute atomic E-state index is 0.00121. The number of rotatable bonds is 6. The quantitative estimate of drug-likeness (QED) is 0.871. The molecule has 0 radical (unpaired) electrons. The van der Waals surface area contributed by atoms with Gasteiger partial charge >= 0.3 is 0 Å². The largest absolute Gasteiger partial charge is 0.467 e. The van der Waals surface area contributed by atoms with Crippen molar-refractivity contribution in [2.75, 3.05) is 26.3 Å². The average Bonchev–Trinajstić information content (AvgIpc) is 3.06. The summed E-state index contributed by atoms with van der Waals surface area (Å²) in [5.41, 5.74) is 2.71. The number of nitrogens with zero attached hydrogens (tertiary/aromatic N) is 2. The van der Waals surface area contributed by atoms with Crippen molar-refractivity contribution in [2.24, 2.45) is 0 Å². The Morgan fingerprint density at radius 3 is 2.96 bits per heavy atom. The number of amides is 1. The molecule has 0 saturated carbocycles. The molecule has 6 heteroatoms. The van der Waals surface area contributed by atoms with Gasteiger partial charge in [0, 0.05) is 37.4 Å². The lowest BCUT2D eigenvalue weighted by Crippen LogP contribution is -2.35. The van der Waals surface area contributed by atoms with Gasteiger partial charge in [-0.1, -0.05) is 6.07 Å². The third-order valence-corrected chi connectivity index (χ3v) is 4.39. The third-order valence-electron chi connectivity index (χ3n) is 4.39. The molecule has 2 aromatic heterocycles. The van der Waals surface area contributed by atoms with E-state index in [0.29, 0.717) is 18.5 Å². The highest BCUT2D eigenvalue weighted by molar-refractivity contribution is 5.94. The van der Waals surface area contributed by atoms with Gasteiger partial charge in [-0.15, -0.1) is 0 Å². The third kappa shape index (κ3) is 4.90. The highest BCUT2D eigenvalue weighted by Gasteiger charge is 2.17. The minimum atomic E-state index is -0.113. The summed E-state index contributed by atoms with van der Waals surface area (Å²) in [6, 6.07) is 5.77. The Morgan fingerprint density at radius 1 is 1.40 bits per heavy atom. The van der Waals surface area contributed by atoms with E-state index in [-0.39, 0.29) is 11.9 Å². The van der Waals surface area contributed by atoms with Crippen LogP contribution in [0.5, 0.6) is 0 Å². The van der Waals surface area contributed by atoms with Gasteiger partial charge in [-0.05, 0) is 31.5 Å². The second-order valence-electron chi connectivity index (χ2n) is 6.54. The molecule has 0 aromatic carbocycles. The highest BCUT2D eigenvalue weighted by atomic mass is 16.5. The molecule has 1 atom stereocenters. The molecule has 1 aliphatic rings. The van der Waals surface area contributed by atoms with Gasteiger partial charge in [0.25, 0.3) is 5.91 Å². The standard InChI is InChI=1S/C19H25N3O3/c1-14-4-3-5-20-18(14)10-15(2)21-19(23)16-11-17(25-13-16)12-22-6-8-24-9-7-22/h3-5,11,13,15H,6-10,12H2,1-2H3,(H,21,23)/t15-/m1/s1. The number of ether oxygens (including phenoxy) is 1. The Kier molecular flexibility index (Phi) is 5.83. The van der Waals surface area contributed by atoms with Crippen molar-refractivity contribution in [1.29, 1.82) is 0 Å². The van der Waals surface area contributed by atoms with Crippen molar-refractivity contribution in [1.82, 2.24) is 15.2 Å². The van der Waals surface area contributed by atoms with Crippen LogP contribution in [0.1, 0.15) is 34.3 Å². The van der Waals surface area contributed by atoms with Crippen molar-refractivity contribution in [3.63, 3.8) is 0 Å². The van der Waals surface area contributed by atoms with Gasteiger partial charge < -0.3 is 14.5 Å². The number of pyridine rings is 1. The van der Waals surface area contributed by atoms with Gasteiger partial charge in [0.05, 0.1) is 25.3 Å². The topological polar surface area (TPSA) is 67.6 Å². The zero-order chi connectivity index (χ0) is 17.6. The Bertz CT molecular complexity index is 707. The predicted molar refractivity (Wildman–Crippen MR) is 94.4 cm³/mol. The summed E-state index contributed by atoms with van der Waals surface area (Å²) in [7, 11) is 0. The minimum Gasteiger partial charge on any atom is -0.467 e. The van der Waals surface area contributed by atoms with E-state index in [0.717, 1.165) is 43.3 Å². The molecule has 1 saturated heterocycles. The summed E-state index contributed by atoms with van der Waals surface area (Å²) in [5, 5.41) is 3.02. The van der Waals surface area contributed by atoms with Crippen molar-refractivity contribution >= 4 is 5.91 Å². The van der Waals surface area contributed by atoms with Crippen LogP contribution >= 0.6 is 0 Å². The number of nitrogens with one attached hydrogen (secondary N) is 1. The summed E-state index contributed by atoms with van der Waals surface area (Å²) in [6.07, 6.45) is 4.02. The van der Waals surface area contributed by atoms with Crippen molar-refractivity contribution in [2.45, 2.75) is 32.9 Å². The molecular weight excluding hydrogens is 318 g/mol. The van der Waals surface area contributed by atoms with E-state index in [1.54, 1.807) is 6.20 Å². The smallest absolute Gasteiger partial charge is 0.254 e. The highest BCUT2D eigenvalue weighted by Crippen LogP contribution is 2.13. The first-order valence-electron chi connectivity index (χ1n) is 8.70. The number of morpholine rings is 1. The molecule has 0 aliphatic carbocycles. The van der Waals surface area contributed by atoms with E-state index in [2.05, 4.69) is 15.2 Å². The van der Waals surface area contributed by atoms with Gasteiger partial charge in [0.15, 0.2) is 0 Å². The number of aryl methyl sites for hydroxylation is 1. The van der Waals surface area contributed by atoms with Crippen molar-refractivity contribution in [3.05, 3.63) is 53.2 Å². The SMILES string of the molecule is Cc1cccnc1C[C@@H](C)NC(=O)c1coc(CN2CCOCC2)c1. The van der Waals surface area contributed by atoms with Gasteiger partial charge in [0.2, 0.25) is 0 Å². The molecule has 134 valence electrons. The molecule has 0 spiro atoms. The van der Waals surface area contributed by atoms with Crippen LogP contribution in [0, 0.1) is 6.92 Å². The van der Waals surface area contributed by atoms with Crippen LogP contribution in [0.3, 0.4) is 0 Å². The molecule has 2 aromatic rings. The molecule has 6 nitrogen and oxygen atoms in total. The number of hydrogen-bond acceptors (Lipinski definition) is 5. The fraction of sp³-hybridized carbons (Fsp3) is 0.474. The molecule has 1 fully saturated rings. The maximum absolute atomic E-state index is 12.4. The predicted octanol–water partition coefficient (Wildman–Crippen LogP) is 2.18. The number of aromatic nitrogens is 1. The fourth-order valence-electron chi connectivity index (χ4n) is 2.94. The van der Waals surface area contributed by atoms with Gasteiger partial charge in [-0.2, -0.15) is 0 Å². The van der Waals surface area contributed by atoms with Crippen LogP contribution in [-0.4, -0.2) is 48.1 Å². The number of hydrogen-bond donors (Lipinski definition) is 1. The first-order valence-corrected chi connectivity index (χ1v) is 8.70. The van der Waals surface area contributed by atoms with E-state index in [9.17, 15) is 4.79 Å². The maximum atomic E-state index is 12.4. The summed E-state index contributed by atoms with van der Waals surface area (Å²) in [6.45, 7) is 8.01. The maximum Gasteiger partial charge on any atom is 0.254 e. The molecule has 0 bridgehead atoms. The van der Waals surface area contributed by atoms with Gasteiger partial charge in [-0.3, -0.25) is 14.7 Å². The van der Waals surface area contributed by atoms with Crippen molar-refractivity contribution in [3.8, 4) is 0 Å². The monoisotopic (exact) mass is 343 g/mol. The normalized spacial score (nSPS) is 16.6. The van der Waals surface area contributed by atoms with E-state index >= 15 is 0 Å². The first kappa shape index (κ1) is 17.6. The van der Waals surface area contributed by atoms with Crippen LogP contribution in [0.15, 0.2) is 35.1 Å². The van der Waals surface area contributed by atoms with E-state index in [1.165, 1.54) is 6.26 Å². The zero-order valence-corrected chi connectivity index (χ0v) is 14.8. The second-order valence-corrected chi connectivity index (χ2v) is 6.54. The molecule has 1 N–H and O–H groups in total. The summed E-state index contributed by atoms with van der Waals surface area (Å²) >= 11 is 0. The molecular formula is C19H25N3O3.